The fourth-order valence-electron chi connectivity index (χ4n) is 0.808. The van der Waals surface area contributed by atoms with Crippen LogP contribution in [0.2, 0.25) is 0 Å². The van der Waals surface area contributed by atoms with Gasteiger partial charge in [-0.05, 0) is 35.0 Å². The van der Waals surface area contributed by atoms with Gasteiger partial charge in [-0.2, -0.15) is 0 Å². The maximum Gasteiger partial charge on any atom is 0.373 e. The molecule has 0 saturated carbocycles. The normalized spacial score (nSPS) is 11.2. The SMILES string of the molecule is CCOC(=O)C(N)=Nc1ccc(Br)cn1. The van der Waals surface area contributed by atoms with Crippen LogP contribution < -0.4 is 5.73 Å². The van der Waals surface area contributed by atoms with Crippen molar-refractivity contribution < 1.29 is 9.53 Å². The van der Waals surface area contributed by atoms with E-state index in [1.165, 1.54) is 0 Å². The van der Waals surface area contributed by atoms with Gasteiger partial charge in [0, 0.05) is 10.7 Å². The first-order valence-electron chi connectivity index (χ1n) is 4.26. The molecule has 0 aliphatic heterocycles. The van der Waals surface area contributed by atoms with E-state index < -0.39 is 5.97 Å². The van der Waals surface area contributed by atoms with Crippen LogP contribution in [0.1, 0.15) is 6.92 Å². The van der Waals surface area contributed by atoms with Crippen LogP contribution in [-0.4, -0.2) is 23.4 Å². The minimum atomic E-state index is -0.637. The molecule has 15 heavy (non-hydrogen) atoms. The molecule has 0 radical (unpaired) electrons. The lowest BCUT2D eigenvalue weighted by molar-refractivity contribution is -0.135. The zero-order valence-corrected chi connectivity index (χ0v) is 9.69. The van der Waals surface area contributed by atoms with Gasteiger partial charge in [-0.3, -0.25) is 0 Å². The summed E-state index contributed by atoms with van der Waals surface area (Å²) in [6.07, 6.45) is 1.57. The number of aromatic nitrogens is 1. The maximum absolute atomic E-state index is 11.1. The minimum absolute atomic E-state index is 0.202. The highest BCUT2D eigenvalue weighted by molar-refractivity contribution is 9.10. The predicted molar refractivity (Wildman–Crippen MR) is 59.9 cm³/mol. The Balaban J connectivity index is 2.78. The van der Waals surface area contributed by atoms with Crippen molar-refractivity contribution >= 4 is 33.6 Å². The third-order valence-corrected chi connectivity index (χ3v) is 1.90. The number of halogens is 1. The summed E-state index contributed by atoms with van der Waals surface area (Å²) in [5.41, 5.74) is 5.40. The van der Waals surface area contributed by atoms with E-state index in [0.29, 0.717) is 5.82 Å². The summed E-state index contributed by atoms with van der Waals surface area (Å²) in [6.45, 7) is 1.96. The predicted octanol–water partition coefficient (Wildman–Crippen LogP) is 1.40. The largest absolute Gasteiger partial charge is 0.460 e. The molecule has 1 rings (SSSR count). The van der Waals surface area contributed by atoms with Crippen molar-refractivity contribution in [2.24, 2.45) is 10.7 Å². The summed E-state index contributed by atoms with van der Waals surface area (Å²) in [5, 5.41) is 0. The Morgan fingerprint density at radius 2 is 2.40 bits per heavy atom. The Kier molecular flexibility index (Phi) is 4.23. The number of esters is 1. The van der Waals surface area contributed by atoms with Crippen LogP contribution in [0, 0.1) is 0 Å². The molecule has 1 aromatic rings. The smallest absolute Gasteiger partial charge is 0.373 e. The first-order chi connectivity index (χ1) is 7.13. The van der Waals surface area contributed by atoms with Gasteiger partial charge < -0.3 is 10.5 Å². The molecule has 0 aromatic carbocycles. The number of rotatable bonds is 2. The Morgan fingerprint density at radius 1 is 1.67 bits per heavy atom. The molecule has 0 fully saturated rings. The molecule has 1 heterocycles. The lowest BCUT2D eigenvalue weighted by atomic mass is 10.4. The Morgan fingerprint density at radius 3 is 2.93 bits per heavy atom. The number of nitrogens with two attached hydrogens (primary N) is 1. The van der Waals surface area contributed by atoms with Crippen LogP contribution in [0.3, 0.4) is 0 Å². The van der Waals surface area contributed by atoms with E-state index in [4.69, 9.17) is 5.73 Å². The summed E-state index contributed by atoms with van der Waals surface area (Å²) in [7, 11) is 0. The van der Waals surface area contributed by atoms with Gasteiger partial charge in [0.05, 0.1) is 6.61 Å². The highest BCUT2D eigenvalue weighted by Crippen LogP contribution is 2.12. The number of aliphatic imine (C=N–C) groups is 1. The number of amidine groups is 1. The molecular weight excluding hydrogens is 262 g/mol. The van der Waals surface area contributed by atoms with Crippen molar-refractivity contribution in [2.45, 2.75) is 6.92 Å². The van der Waals surface area contributed by atoms with E-state index in [9.17, 15) is 4.79 Å². The van der Waals surface area contributed by atoms with Crippen LogP contribution in [-0.2, 0) is 9.53 Å². The number of hydrogen-bond donors (Lipinski definition) is 1. The van der Waals surface area contributed by atoms with Crippen LogP contribution in [0.4, 0.5) is 5.82 Å². The molecule has 80 valence electrons. The van der Waals surface area contributed by atoms with E-state index >= 15 is 0 Å². The molecule has 0 bridgehead atoms. The van der Waals surface area contributed by atoms with Crippen LogP contribution in [0.15, 0.2) is 27.8 Å². The van der Waals surface area contributed by atoms with Crippen LogP contribution in [0.5, 0.6) is 0 Å². The Hall–Kier alpha value is -1.43. The molecule has 0 spiro atoms. The summed E-state index contributed by atoms with van der Waals surface area (Å²) in [5.74, 6) is -0.474. The summed E-state index contributed by atoms with van der Waals surface area (Å²) < 4.78 is 5.50. The quantitative estimate of drug-likeness (QED) is 0.501. The molecule has 0 aliphatic carbocycles. The second-order valence-electron chi connectivity index (χ2n) is 2.55. The average molecular weight is 272 g/mol. The summed E-state index contributed by atoms with van der Waals surface area (Å²) in [6, 6.07) is 3.39. The van der Waals surface area contributed by atoms with Gasteiger partial charge in [0.25, 0.3) is 0 Å². The highest BCUT2D eigenvalue weighted by Gasteiger charge is 2.07. The van der Waals surface area contributed by atoms with Crippen molar-refractivity contribution in [1.29, 1.82) is 0 Å². The van der Waals surface area contributed by atoms with E-state index in [1.54, 1.807) is 25.3 Å². The highest BCUT2D eigenvalue weighted by atomic mass is 79.9. The molecule has 6 heteroatoms. The van der Waals surface area contributed by atoms with Gasteiger partial charge in [-0.25, -0.2) is 14.8 Å². The van der Waals surface area contributed by atoms with Crippen LogP contribution in [0.25, 0.3) is 0 Å². The van der Waals surface area contributed by atoms with Crippen molar-refractivity contribution in [1.82, 2.24) is 4.98 Å². The van der Waals surface area contributed by atoms with Gasteiger partial charge in [-0.15, -0.1) is 0 Å². The van der Waals surface area contributed by atoms with Crippen molar-refractivity contribution in [3.8, 4) is 0 Å². The maximum atomic E-state index is 11.1. The average Bonchev–Trinajstić information content (AvgIpc) is 2.22. The minimum Gasteiger partial charge on any atom is -0.460 e. The van der Waals surface area contributed by atoms with Gasteiger partial charge in [-0.1, -0.05) is 0 Å². The molecule has 0 saturated heterocycles. The monoisotopic (exact) mass is 271 g/mol. The second kappa shape index (κ2) is 5.45. The second-order valence-corrected chi connectivity index (χ2v) is 3.47. The van der Waals surface area contributed by atoms with E-state index in [1.807, 2.05) is 0 Å². The molecule has 0 amide bonds. The number of hydrogen-bond acceptors (Lipinski definition) is 4. The molecule has 0 aliphatic rings. The summed E-state index contributed by atoms with van der Waals surface area (Å²) >= 11 is 3.23. The molecule has 2 N–H and O–H groups in total. The molecule has 5 nitrogen and oxygen atoms in total. The number of carbonyl (C=O) groups excluding carboxylic acids is 1. The lowest BCUT2D eigenvalue weighted by Gasteiger charge is -2.00. The third-order valence-electron chi connectivity index (χ3n) is 1.43. The van der Waals surface area contributed by atoms with Gasteiger partial charge in [0.2, 0.25) is 5.84 Å². The lowest BCUT2D eigenvalue weighted by Crippen LogP contribution is -2.25. The van der Waals surface area contributed by atoms with Crippen molar-refractivity contribution in [2.75, 3.05) is 6.61 Å². The zero-order chi connectivity index (χ0) is 11.3. The third kappa shape index (κ3) is 3.67. The van der Waals surface area contributed by atoms with E-state index in [-0.39, 0.29) is 12.4 Å². The molecule has 1 aromatic heterocycles. The van der Waals surface area contributed by atoms with E-state index in [0.717, 1.165) is 4.47 Å². The Labute approximate surface area is 95.5 Å². The van der Waals surface area contributed by atoms with Gasteiger partial charge in [0.1, 0.15) is 0 Å². The first-order valence-corrected chi connectivity index (χ1v) is 5.05. The molecule has 0 atom stereocenters. The fraction of sp³-hybridized carbons (Fsp3) is 0.222. The standard InChI is InChI=1S/C9H10BrN3O2/c1-2-15-9(14)8(11)13-7-4-3-6(10)5-12-7/h3-5H,2H2,1H3,(H2,11,12,13). The number of nitrogens with zero attached hydrogens (tertiary/aromatic N) is 2. The zero-order valence-electron chi connectivity index (χ0n) is 8.11. The number of pyridine rings is 1. The summed E-state index contributed by atoms with van der Waals surface area (Å²) in [4.78, 5) is 18.8. The molecular formula is C9H10BrN3O2. The van der Waals surface area contributed by atoms with Gasteiger partial charge in [0.15, 0.2) is 5.82 Å². The first kappa shape index (κ1) is 11.6. The van der Waals surface area contributed by atoms with Gasteiger partial charge >= 0.3 is 5.97 Å². The Bertz CT molecular complexity index is 375. The van der Waals surface area contributed by atoms with Crippen molar-refractivity contribution in [3.05, 3.63) is 22.8 Å². The number of ether oxygens (including phenoxy) is 1. The fourth-order valence-corrected chi connectivity index (χ4v) is 1.04. The van der Waals surface area contributed by atoms with Crippen LogP contribution >= 0.6 is 15.9 Å². The molecule has 0 unspecified atom stereocenters. The van der Waals surface area contributed by atoms with E-state index in [2.05, 4.69) is 30.6 Å². The van der Waals surface area contributed by atoms with Crippen molar-refractivity contribution in [3.63, 3.8) is 0 Å². The number of carbonyl (C=O) groups is 1. The topological polar surface area (TPSA) is 77.6 Å².